The Hall–Kier alpha value is -1.86. The van der Waals surface area contributed by atoms with Gasteiger partial charge in [0.25, 0.3) is 0 Å². The molecule has 0 heterocycles. The van der Waals surface area contributed by atoms with Crippen molar-refractivity contribution in [2.75, 3.05) is 43.7 Å². The molecule has 22 heavy (non-hydrogen) atoms. The van der Waals surface area contributed by atoms with Crippen LogP contribution in [0.15, 0.2) is 36.9 Å². The Kier molecular flexibility index (Phi) is 6.58. The van der Waals surface area contributed by atoms with E-state index in [1.165, 1.54) is 10.4 Å². The van der Waals surface area contributed by atoms with Crippen LogP contribution in [0.4, 0.5) is 11.4 Å². The van der Waals surface area contributed by atoms with E-state index < -0.39 is 10.0 Å². The first-order valence-electron chi connectivity index (χ1n) is 6.87. The highest BCUT2D eigenvalue weighted by molar-refractivity contribution is 7.88. The van der Waals surface area contributed by atoms with Crippen LogP contribution >= 0.6 is 0 Å². The average Bonchev–Trinajstić information content (AvgIpc) is 2.42. The van der Waals surface area contributed by atoms with Gasteiger partial charge in [0, 0.05) is 45.0 Å². The fourth-order valence-corrected chi connectivity index (χ4v) is 2.63. The van der Waals surface area contributed by atoms with Crippen LogP contribution in [0, 0.1) is 0 Å². The normalized spacial score (nSPS) is 11.3. The summed E-state index contributed by atoms with van der Waals surface area (Å²) in [6.07, 6.45) is 2.71. The van der Waals surface area contributed by atoms with Gasteiger partial charge in [-0.1, -0.05) is 6.08 Å². The number of hydrogen-bond acceptors (Lipinski definition) is 4. The van der Waals surface area contributed by atoms with Crippen molar-refractivity contribution in [1.82, 2.24) is 4.31 Å². The standard InChI is InChI=1S/C15H23N3O3S/c1-5-11-18(22(4,20)21)12-10-15(19)16-13-6-8-14(9-7-13)17(2)3/h5-9H,1,10-12H2,2-4H3,(H,16,19). The SMILES string of the molecule is C=CCN(CCC(=O)Nc1ccc(N(C)C)cc1)S(C)(=O)=O. The molecule has 7 heteroatoms. The third kappa shape index (κ3) is 5.87. The molecule has 1 aromatic carbocycles. The van der Waals surface area contributed by atoms with Crippen LogP contribution in [-0.2, 0) is 14.8 Å². The van der Waals surface area contributed by atoms with Crippen LogP contribution in [0.2, 0.25) is 0 Å². The molecule has 0 aromatic heterocycles. The number of sulfonamides is 1. The van der Waals surface area contributed by atoms with Gasteiger partial charge in [0.15, 0.2) is 0 Å². The lowest BCUT2D eigenvalue weighted by Gasteiger charge is -2.17. The van der Waals surface area contributed by atoms with Crippen molar-refractivity contribution in [2.24, 2.45) is 0 Å². The highest BCUT2D eigenvalue weighted by atomic mass is 32.2. The molecular weight excluding hydrogens is 302 g/mol. The van der Waals surface area contributed by atoms with Crippen LogP contribution in [0.25, 0.3) is 0 Å². The summed E-state index contributed by atoms with van der Waals surface area (Å²) in [4.78, 5) is 13.9. The Morgan fingerprint density at radius 3 is 2.32 bits per heavy atom. The summed E-state index contributed by atoms with van der Waals surface area (Å²) < 4.78 is 24.3. The number of carbonyl (C=O) groups is 1. The summed E-state index contributed by atoms with van der Waals surface area (Å²) in [5, 5.41) is 2.75. The number of hydrogen-bond donors (Lipinski definition) is 1. The van der Waals surface area contributed by atoms with Crippen molar-refractivity contribution in [3.05, 3.63) is 36.9 Å². The van der Waals surface area contributed by atoms with Gasteiger partial charge in [0.05, 0.1) is 6.26 Å². The zero-order chi connectivity index (χ0) is 16.8. The molecule has 0 fully saturated rings. The first-order valence-corrected chi connectivity index (χ1v) is 8.72. The highest BCUT2D eigenvalue weighted by Crippen LogP contribution is 2.15. The third-order valence-corrected chi connectivity index (χ3v) is 4.33. The van der Waals surface area contributed by atoms with E-state index in [1.54, 1.807) is 0 Å². The topological polar surface area (TPSA) is 69.7 Å². The summed E-state index contributed by atoms with van der Waals surface area (Å²) in [5.74, 6) is -0.227. The van der Waals surface area contributed by atoms with Crippen molar-refractivity contribution in [1.29, 1.82) is 0 Å². The third-order valence-electron chi connectivity index (χ3n) is 3.06. The van der Waals surface area contributed by atoms with Crippen LogP contribution in [0.3, 0.4) is 0 Å². The Bertz CT molecular complexity index is 609. The summed E-state index contributed by atoms with van der Waals surface area (Å²) in [6.45, 7) is 3.85. The lowest BCUT2D eigenvalue weighted by atomic mass is 10.2. The second kappa shape index (κ2) is 7.95. The summed E-state index contributed by atoms with van der Waals surface area (Å²) in [6, 6.07) is 7.42. The molecule has 0 saturated carbocycles. The van der Waals surface area contributed by atoms with Gasteiger partial charge >= 0.3 is 0 Å². The minimum atomic E-state index is -3.33. The van der Waals surface area contributed by atoms with Gasteiger partial charge in [0.1, 0.15) is 0 Å². The Balaban J connectivity index is 2.57. The molecule has 1 aromatic rings. The van der Waals surface area contributed by atoms with Crippen LogP contribution < -0.4 is 10.2 Å². The Morgan fingerprint density at radius 1 is 1.27 bits per heavy atom. The molecule has 0 bridgehead atoms. The maximum absolute atomic E-state index is 11.9. The van der Waals surface area contributed by atoms with Crippen LogP contribution in [0.1, 0.15) is 6.42 Å². The van der Waals surface area contributed by atoms with E-state index in [2.05, 4.69) is 11.9 Å². The van der Waals surface area contributed by atoms with Gasteiger partial charge in [-0.3, -0.25) is 4.79 Å². The second-order valence-electron chi connectivity index (χ2n) is 5.15. The molecule has 1 N–H and O–H groups in total. The largest absolute Gasteiger partial charge is 0.378 e. The molecule has 0 aliphatic carbocycles. The van der Waals surface area contributed by atoms with Crippen molar-refractivity contribution in [3.8, 4) is 0 Å². The fraction of sp³-hybridized carbons (Fsp3) is 0.400. The van der Waals surface area contributed by atoms with Crippen molar-refractivity contribution < 1.29 is 13.2 Å². The van der Waals surface area contributed by atoms with Crippen LogP contribution in [-0.4, -0.2) is 52.1 Å². The summed E-state index contributed by atoms with van der Waals surface area (Å²) in [5.41, 5.74) is 1.72. The predicted molar refractivity (Wildman–Crippen MR) is 90.6 cm³/mol. The van der Waals surface area contributed by atoms with E-state index in [-0.39, 0.29) is 25.4 Å². The fourth-order valence-electron chi connectivity index (χ4n) is 1.83. The molecular formula is C15H23N3O3S. The molecule has 0 unspecified atom stereocenters. The number of benzene rings is 1. The van der Waals surface area contributed by atoms with Gasteiger partial charge in [-0.2, -0.15) is 4.31 Å². The molecule has 6 nitrogen and oxygen atoms in total. The number of carbonyl (C=O) groups excluding carboxylic acids is 1. The summed E-state index contributed by atoms with van der Waals surface area (Å²) in [7, 11) is 0.541. The predicted octanol–water partition coefficient (Wildman–Crippen LogP) is 1.53. The summed E-state index contributed by atoms with van der Waals surface area (Å²) >= 11 is 0. The molecule has 0 aliphatic heterocycles. The van der Waals surface area contributed by atoms with Gasteiger partial charge in [0.2, 0.25) is 15.9 Å². The average molecular weight is 325 g/mol. The molecule has 0 radical (unpaired) electrons. The Morgan fingerprint density at radius 2 is 1.86 bits per heavy atom. The number of nitrogens with zero attached hydrogens (tertiary/aromatic N) is 2. The molecule has 1 rings (SSSR count). The highest BCUT2D eigenvalue weighted by Gasteiger charge is 2.16. The molecule has 0 spiro atoms. The zero-order valence-electron chi connectivity index (χ0n) is 13.2. The van der Waals surface area contributed by atoms with E-state index in [1.807, 2.05) is 43.3 Å². The van der Waals surface area contributed by atoms with Crippen molar-refractivity contribution in [2.45, 2.75) is 6.42 Å². The maximum atomic E-state index is 11.9. The van der Waals surface area contributed by atoms with E-state index in [0.29, 0.717) is 5.69 Å². The molecule has 0 aliphatic rings. The smallest absolute Gasteiger partial charge is 0.225 e. The van der Waals surface area contributed by atoms with Gasteiger partial charge < -0.3 is 10.2 Å². The van der Waals surface area contributed by atoms with Gasteiger partial charge in [-0.25, -0.2) is 8.42 Å². The zero-order valence-corrected chi connectivity index (χ0v) is 14.1. The second-order valence-corrected chi connectivity index (χ2v) is 7.13. The molecule has 1 amide bonds. The van der Waals surface area contributed by atoms with E-state index >= 15 is 0 Å². The first-order chi connectivity index (χ1) is 10.2. The lowest BCUT2D eigenvalue weighted by molar-refractivity contribution is -0.116. The number of rotatable bonds is 8. The Labute approximate surface area is 132 Å². The quantitative estimate of drug-likeness (QED) is 0.736. The monoisotopic (exact) mass is 325 g/mol. The number of nitrogens with one attached hydrogen (secondary N) is 1. The minimum absolute atomic E-state index is 0.0936. The first kappa shape index (κ1) is 18.2. The van der Waals surface area contributed by atoms with Crippen LogP contribution in [0.5, 0.6) is 0 Å². The van der Waals surface area contributed by atoms with Crippen molar-refractivity contribution in [3.63, 3.8) is 0 Å². The molecule has 0 atom stereocenters. The van der Waals surface area contributed by atoms with E-state index in [0.717, 1.165) is 11.9 Å². The number of amides is 1. The van der Waals surface area contributed by atoms with Gasteiger partial charge in [-0.05, 0) is 24.3 Å². The van der Waals surface area contributed by atoms with E-state index in [9.17, 15) is 13.2 Å². The maximum Gasteiger partial charge on any atom is 0.225 e. The van der Waals surface area contributed by atoms with E-state index in [4.69, 9.17) is 0 Å². The van der Waals surface area contributed by atoms with Crippen molar-refractivity contribution >= 4 is 27.3 Å². The molecule has 122 valence electrons. The van der Waals surface area contributed by atoms with Gasteiger partial charge in [-0.15, -0.1) is 6.58 Å². The molecule has 0 saturated heterocycles. The lowest BCUT2D eigenvalue weighted by Crippen LogP contribution is -2.33. The minimum Gasteiger partial charge on any atom is -0.378 e. The number of anilines is 2.